The van der Waals surface area contributed by atoms with Crippen molar-refractivity contribution in [3.8, 4) is 0 Å². The van der Waals surface area contributed by atoms with Crippen LogP contribution >= 0.6 is 34.5 Å². The summed E-state index contributed by atoms with van der Waals surface area (Å²) in [5.74, 6) is -0.230. The van der Waals surface area contributed by atoms with E-state index in [0.717, 1.165) is 47.6 Å². The molecule has 0 radical (unpaired) electrons. The van der Waals surface area contributed by atoms with E-state index in [1.165, 1.54) is 16.9 Å². The van der Waals surface area contributed by atoms with Crippen LogP contribution in [0.2, 0.25) is 5.02 Å². The molecule has 1 saturated carbocycles. The highest BCUT2D eigenvalue weighted by Gasteiger charge is 2.40. The third-order valence-corrected chi connectivity index (χ3v) is 8.57. The molecular formula is C26H34Cl2O6S. The lowest BCUT2D eigenvalue weighted by Crippen LogP contribution is -2.43. The summed E-state index contributed by atoms with van der Waals surface area (Å²) in [4.78, 5) is 13.7. The second-order valence-corrected chi connectivity index (χ2v) is 11.8. The van der Waals surface area contributed by atoms with Gasteiger partial charge in [-0.15, -0.1) is 22.9 Å². The van der Waals surface area contributed by atoms with Gasteiger partial charge in [-0.2, -0.15) is 0 Å². The van der Waals surface area contributed by atoms with Crippen LogP contribution in [0.15, 0.2) is 30.3 Å². The molecule has 0 unspecified atom stereocenters. The molecule has 0 saturated heterocycles. The van der Waals surface area contributed by atoms with Gasteiger partial charge in [0, 0.05) is 15.3 Å². The summed E-state index contributed by atoms with van der Waals surface area (Å²) < 4.78 is 5.04. The largest absolute Gasteiger partial charge is 0.458 e. The summed E-state index contributed by atoms with van der Waals surface area (Å²) in [6, 6.07) is 9.61. The minimum Gasteiger partial charge on any atom is -0.458 e. The first-order valence-electron chi connectivity index (χ1n) is 11.9. The third kappa shape index (κ3) is 7.89. The van der Waals surface area contributed by atoms with Crippen molar-refractivity contribution in [1.29, 1.82) is 0 Å². The average Bonchev–Trinajstić information content (AvgIpc) is 3.39. The minimum atomic E-state index is -1.85. The molecule has 1 aromatic carbocycles. The molecule has 1 aliphatic carbocycles. The molecule has 194 valence electrons. The molecule has 1 heterocycles. The zero-order valence-corrected chi connectivity index (χ0v) is 22.2. The number of benzene rings is 1. The molecule has 35 heavy (non-hydrogen) atoms. The van der Waals surface area contributed by atoms with E-state index in [9.17, 15) is 15.0 Å². The normalized spacial score (nSPS) is 22.5. The first-order chi connectivity index (χ1) is 16.6. The van der Waals surface area contributed by atoms with Gasteiger partial charge in [0.2, 0.25) is 0 Å². The summed E-state index contributed by atoms with van der Waals surface area (Å²) in [6.07, 6.45) is 4.47. The van der Waals surface area contributed by atoms with Gasteiger partial charge in [-0.05, 0) is 92.7 Å². The number of halogens is 2. The lowest BCUT2D eigenvalue weighted by molar-refractivity contribution is -0.0916. The van der Waals surface area contributed by atoms with Crippen LogP contribution in [0.25, 0.3) is 0 Å². The van der Waals surface area contributed by atoms with Gasteiger partial charge in [-0.25, -0.2) is 4.79 Å². The molecular weight excluding hydrogens is 511 g/mol. The molecule has 4 N–H and O–H groups in total. The number of alkyl halides is 1. The molecule has 1 aliphatic rings. The van der Waals surface area contributed by atoms with Crippen molar-refractivity contribution in [2.45, 2.75) is 62.5 Å². The second-order valence-electron chi connectivity index (χ2n) is 9.60. The van der Waals surface area contributed by atoms with Crippen LogP contribution in [0.4, 0.5) is 0 Å². The third-order valence-electron chi connectivity index (χ3n) is 6.73. The Morgan fingerprint density at radius 1 is 1.14 bits per heavy atom. The number of rotatable bonds is 12. The van der Waals surface area contributed by atoms with Crippen molar-refractivity contribution in [1.82, 2.24) is 0 Å². The number of hydrogen-bond acceptors (Lipinski definition) is 7. The zero-order chi connectivity index (χ0) is 25.6. The van der Waals surface area contributed by atoms with E-state index in [0.29, 0.717) is 11.3 Å². The molecule has 0 bridgehead atoms. The summed E-state index contributed by atoms with van der Waals surface area (Å²) in [7, 11) is 0. The van der Waals surface area contributed by atoms with Crippen molar-refractivity contribution in [2.75, 3.05) is 19.8 Å². The summed E-state index contributed by atoms with van der Waals surface area (Å²) in [5.41, 5.74) is 0.457. The van der Waals surface area contributed by atoms with Crippen molar-refractivity contribution in [2.24, 2.45) is 11.8 Å². The first-order valence-corrected chi connectivity index (χ1v) is 13.6. The molecule has 9 heteroatoms. The smallest absolute Gasteiger partial charge is 0.348 e. The number of thiophene rings is 1. The molecule has 0 spiro atoms. The van der Waals surface area contributed by atoms with Crippen LogP contribution in [-0.4, -0.2) is 63.3 Å². The van der Waals surface area contributed by atoms with E-state index < -0.39 is 37.5 Å². The molecule has 4 atom stereocenters. The lowest BCUT2D eigenvalue weighted by atomic mass is 9.85. The average molecular weight is 546 g/mol. The maximum atomic E-state index is 12.2. The fourth-order valence-corrected chi connectivity index (χ4v) is 6.52. The second kappa shape index (κ2) is 12.9. The van der Waals surface area contributed by atoms with Crippen LogP contribution in [-0.2, 0) is 17.6 Å². The van der Waals surface area contributed by atoms with Gasteiger partial charge >= 0.3 is 5.97 Å². The Kier molecular flexibility index (Phi) is 10.4. The standard InChI is InChI=1S/C26H34Cl2O6S/c1-16-9-17(11-18(27)10-16)5-7-21-20(22(28)12-23(21)31)4-2-3-19-6-8-24(35-19)25(32)34-15-26(33,13-29)14-30/h6,8-11,20-23,29-31,33H,2-5,7,12-15H2,1H3/t20-,21-,22-,23-/m1/s1. The lowest BCUT2D eigenvalue weighted by Gasteiger charge is -2.23. The van der Waals surface area contributed by atoms with Gasteiger partial charge in [0.25, 0.3) is 0 Å². The van der Waals surface area contributed by atoms with Gasteiger partial charge in [-0.3, -0.25) is 0 Å². The van der Waals surface area contributed by atoms with E-state index in [-0.39, 0.29) is 17.2 Å². The van der Waals surface area contributed by atoms with E-state index in [2.05, 4.69) is 6.07 Å². The highest BCUT2D eigenvalue weighted by molar-refractivity contribution is 7.13. The highest BCUT2D eigenvalue weighted by atomic mass is 35.5. The summed E-state index contributed by atoms with van der Waals surface area (Å²) in [5, 5.41) is 39.3. The maximum absolute atomic E-state index is 12.2. The fourth-order valence-electron chi connectivity index (χ4n) is 4.77. The van der Waals surface area contributed by atoms with Crippen molar-refractivity contribution < 1.29 is 30.0 Å². The number of hydrogen-bond donors (Lipinski definition) is 4. The van der Waals surface area contributed by atoms with Crippen LogP contribution in [0.3, 0.4) is 0 Å². The zero-order valence-electron chi connectivity index (χ0n) is 19.8. The van der Waals surface area contributed by atoms with Crippen LogP contribution in [0.5, 0.6) is 0 Å². The predicted octanol–water partition coefficient (Wildman–Crippen LogP) is 4.14. The number of aliphatic hydroxyl groups is 4. The van der Waals surface area contributed by atoms with Gasteiger partial charge < -0.3 is 25.2 Å². The number of aliphatic hydroxyl groups excluding tert-OH is 3. The molecule has 2 aromatic rings. The molecule has 1 fully saturated rings. The number of carbonyl (C=O) groups excluding carboxylic acids is 1. The van der Waals surface area contributed by atoms with Gasteiger partial charge in [0.15, 0.2) is 0 Å². The topological polar surface area (TPSA) is 107 Å². The van der Waals surface area contributed by atoms with Crippen LogP contribution in [0, 0.1) is 18.8 Å². The molecule has 0 aliphatic heterocycles. The number of aryl methyl sites for hydroxylation is 3. The molecule has 1 aromatic heterocycles. The fraction of sp³-hybridized carbons (Fsp3) is 0.577. The van der Waals surface area contributed by atoms with Gasteiger partial charge in [0.1, 0.15) is 17.1 Å². The first kappa shape index (κ1) is 28.4. The van der Waals surface area contributed by atoms with E-state index in [4.69, 9.17) is 38.2 Å². The van der Waals surface area contributed by atoms with Gasteiger partial charge in [-0.1, -0.05) is 17.7 Å². The Morgan fingerprint density at radius 2 is 1.89 bits per heavy atom. The quantitative estimate of drug-likeness (QED) is 0.236. The molecule has 0 amide bonds. The van der Waals surface area contributed by atoms with E-state index >= 15 is 0 Å². The van der Waals surface area contributed by atoms with Crippen molar-refractivity contribution in [3.63, 3.8) is 0 Å². The van der Waals surface area contributed by atoms with Crippen LogP contribution < -0.4 is 0 Å². The summed E-state index contributed by atoms with van der Waals surface area (Å²) in [6.45, 7) is 0.133. The Morgan fingerprint density at radius 3 is 2.57 bits per heavy atom. The predicted molar refractivity (Wildman–Crippen MR) is 138 cm³/mol. The van der Waals surface area contributed by atoms with Gasteiger partial charge in [0.05, 0.1) is 19.3 Å². The van der Waals surface area contributed by atoms with Crippen molar-refractivity contribution >= 4 is 40.5 Å². The molecule has 3 rings (SSSR count). The van der Waals surface area contributed by atoms with Crippen LogP contribution in [0.1, 0.15) is 51.4 Å². The Hall–Kier alpha value is -1.19. The SMILES string of the molecule is Cc1cc(Cl)cc(CC[C@@H]2[C@@H](CCCc3ccc(C(=O)OCC(O)(CO)CO)s3)[C@H](Cl)C[C@H]2O)c1. The molecule has 6 nitrogen and oxygen atoms in total. The highest BCUT2D eigenvalue weighted by Crippen LogP contribution is 2.41. The Labute approximate surface area is 220 Å². The number of carbonyl (C=O) groups is 1. The minimum absolute atomic E-state index is 0.0539. The van der Waals surface area contributed by atoms with E-state index in [1.54, 1.807) is 6.07 Å². The number of ether oxygens (including phenoxy) is 1. The monoisotopic (exact) mass is 544 g/mol. The van der Waals surface area contributed by atoms with Crippen molar-refractivity contribution in [3.05, 3.63) is 56.2 Å². The summed E-state index contributed by atoms with van der Waals surface area (Å²) >= 11 is 14.1. The van der Waals surface area contributed by atoms with E-state index in [1.807, 2.05) is 25.1 Å². The Balaban J connectivity index is 1.50. The Bertz CT molecular complexity index is 956. The maximum Gasteiger partial charge on any atom is 0.348 e. The number of esters is 1.